The van der Waals surface area contributed by atoms with Crippen molar-refractivity contribution in [3.05, 3.63) is 52.1 Å². The second-order valence-corrected chi connectivity index (χ2v) is 6.14. The molecule has 0 saturated heterocycles. The van der Waals surface area contributed by atoms with Gasteiger partial charge in [0.25, 0.3) is 0 Å². The van der Waals surface area contributed by atoms with Crippen LogP contribution in [0.25, 0.3) is 0 Å². The van der Waals surface area contributed by atoms with Crippen molar-refractivity contribution < 1.29 is 14.3 Å². The first-order chi connectivity index (χ1) is 11.0. The fourth-order valence-corrected chi connectivity index (χ4v) is 2.85. The van der Waals surface area contributed by atoms with Crippen LogP contribution in [0.5, 0.6) is 0 Å². The van der Waals surface area contributed by atoms with Gasteiger partial charge in [-0.15, -0.1) is 0 Å². The van der Waals surface area contributed by atoms with Crippen LogP contribution in [0.1, 0.15) is 51.0 Å². The fourth-order valence-electron chi connectivity index (χ4n) is 2.74. The van der Waals surface area contributed by atoms with Crippen LogP contribution in [0.4, 0.5) is 0 Å². The highest BCUT2D eigenvalue weighted by Gasteiger charge is 2.28. The molecule has 0 radical (unpaired) electrons. The van der Waals surface area contributed by atoms with Crippen LogP contribution in [-0.4, -0.2) is 27.9 Å². The van der Waals surface area contributed by atoms with Crippen LogP contribution in [-0.2, 0) is 4.74 Å². The Balaban J connectivity index is 1.66. The second kappa shape index (κ2) is 6.16. The highest BCUT2D eigenvalue weighted by atomic mass is 35.5. The average molecular weight is 333 g/mol. The number of halogens is 1. The normalized spacial score (nSPS) is 13.9. The third-order valence-corrected chi connectivity index (χ3v) is 4.22. The molecule has 2 aromatic heterocycles. The monoisotopic (exact) mass is 332 g/mol. The zero-order chi connectivity index (χ0) is 16.6. The van der Waals surface area contributed by atoms with Gasteiger partial charge in [-0.25, -0.2) is 9.78 Å². The summed E-state index contributed by atoms with van der Waals surface area (Å²) >= 11 is 5.67. The molecule has 1 saturated carbocycles. The maximum absolute atomic E-state index is 12.3. The lowest BCUT2D eigenvalue weighted by atomic mass is 10.1. The van der Waals surface area contributed by atoms with E-state index in [2.05, 4.69) is 9.55 Å². The van der Waals surface area contributed by atoms with Crippen molar-refractivity contribution in [2.24, 2.45) is 0 Å². The Kier molecular flexibility index (Phi) is 4.22. The number of esters is 1. The third kappa shape index (κ3) is 3.29. The zero-order valence-electron chi connectivity index (χ0n) is 13.0. The summed E-state index contributed by atoms with van der Waals surface area (Å²) in [6.45, 7) is 3.65. The molecule has 1 aliphatic rings. The molecule has 5 nitrogen and oxygen atoms in total. The SMILES string of the molecule is Cc1cc(C(=O)COC(=O)c2ccc(Cl)nc2)c(C)n1C1CC1. The molecule has 0 atom stereocenters. The number of ketones is 1. The molecule has 1 aliphatic carbocycles. The zero-order valence-corrected chi connectivity index (χ0v) is 13.8. The van der Waals surface area contributed by atoms with Crippen molar-refractivity contribution in [1.82, 2.24) is 9.55 Å². The van der Waals surface area contributed by atoms with Gasteiger partial charge in [-0.3, -0.25) is 4.79 Å². The molecule has 0 N–H and O–H groups in total. The van der Waals surface area contributed by atoms with Crippen LogP contribution in [0.15, 0.2) is 24.4 Å². The van der Waals surface area contributed by atoms with Gasteiger partial charge in [0.05, 0.1) is 5.56 Å². The number of rotatable bonds is 5. The molecule has 6 heteroatoms. The van der Waals surface area contributed by atoms with Gasteiger partial charge >= 0.3 is 5.97 Å². The first kappa shape index (κ1) is 15.7. The Labute approximate surface area is 139 Å². The molecule has 0 aliphatic heterocycles. The number of aromatic nitrogens is 2. The summed E-state index contributed by atoms with van der Waals surface area (Å²) in [5.74, 6) is -0.779. The quantitative estimate of drug-likeness (QED) is 0.477. The Bertz CT molecular complexity index is 761. The smallest absolute Gasteiger partial charge is 0.340 e. The van der Waals surface area contributed by atoms with E-state index in [-0.39, 0.29) is 18.0 Å². The van der Waals surface area contributed by atoms with Gasteiger partial charge in [-0.1, -0.05) is 11.6 Å². The largest absolute Gasteiger partial charge is 0.454 e. The van der Waals surface area contributed by atoms with Gasteiger partial charge in [0.2, 0.25) is 5.78 Å². The summed E-state index contributed by atoms with van der Waals surface area (Å²) in [4.78, 5) is 28.1. The number of carbonyl (C=O) groups is 2. The second-order valence-electron chi connectivity index (χ2n) is 5.75. The number of hydrogen-bond donors (Lipinski definition) is 0. The lowest BCUT2D eigenvalue weighted by Crippen LogP contribution is -2.15. The van der Waals surface area contributed by atoms with E-state index in [9.17, 15) is 9.59 Å². The first-order valence-electron chi connectivity index (χ1n) is 7.47. The summed E-state index contributed by atoms with van der Waals surface area (Å²) in [6.07, 6.45) is 3.64. The van der Waals surface area contributed by atoms with E-state index in [4.69, 9.17) is 16.3 Å². The van der Waals surface area contributed by atoms with E-state index in [1.54, 1.807) is 0 Å². The Morgan fingerprint density at radius 1 is 1.35 bits per heavy atom. The summed E-state index contributed by atoms with van der Waals surface area (Å²) < 4.78 is 7.28. The topological polar surface area (TPSA) is 61.2 Å². The van der Waals surface area contributed by atoms with Gasteiger partial charge in [-0.05, 0) is 44.9 Å². The van der Waals surface area contributed by atoms with Crippen LogP contribution >= 0.6 is 11.6 Å². The predicted octanol–water partition coefficient (Wildman–Crippen LogP) is 3.53. The molecular weight excluding hydrogens is 316 g/mol. The summed E-state index contributed by atoms with van der Waals surface area (Å²) in [7, 11) is 0. The van der Waals surface area contributed by atoms with Crippen LogP contribution in [0, 0.1) is 13.8 Å². The number of pyridine rings is 1. The van der Waals surface area contributed by atoms with Crippen molar-refractivity contribution >= 4 is 23.4 Å². The minimum atomic E-state index is -0.585. The highest BCUT2D eigenvalue weighted by molar-refractivity contribution is 6.29. The molecule has 0 aromatic carbocycles. The summed E-state index contributed by atoms with van der Waals surface area (Å²) in [5, 5.41) is 0.296. The van der Waals surface area contributed by atoms with Crippen molar-refractivity contribution in [3.8, 4) is 0 Å². The number of ether oxygens (including phenoxy) is 1. The molecular formula is C17H17ClN2O3. The lowest BCUT2D eigenvalue weighted by molar-refractivity contribution is 0.0474. The number of aryl methyl sites for hydroxylation is 1. The molecule has 23 heavy (non-hydrogen) atoms. The summed E-state index contributed by atoms with van der Waals surface area (Å²) in [6, 6.07) is 5.40. The van der Waals surface area contributed by atoms with E-state index in [0.29, 0.717) is 16.8 Å². The molecule has 2 heterocycles. The van der Waals surface area contributed by atoms with Gasteiger partial charge < -0.3 is 9.30 Å². The van der Waals surface area contributed by atoms with Crippen LogP contribution in [0.2, 0.25) is 5.15 Å². The predicted molar refractivity (Wildman–Crippen MR) is 86.0 cm³/mol. The number of Topliss-reactive ketones (excluding diaryl/α,β-unsaturated/α-hetero) is 1. The van der Waals surface area contributed by atoms with Crippen LogP contribution < -0.4 is 0 Å². The molecule has 0 bridgehead atoms. The number of carbonyl (C=O) groups excluding carboxylic acids is 2. The third-order valence-electron chi connectivity index (χ3n) is 3.99. The molecule has 2 aromatic rings. The minimum absolute atomic E-state index is 0.194. The maximum Gasteiger partial charge on any atom is 0.340 e. The number of hydrogen-bond acceptors (Lipinski definition) is 4. The molecule has 0 amide bonds. The molecule has 1 fully saturated rings. The van der Waals surface area contributed by atoms with Gasteiger partial charge in [0, 0.05) is 29.2 Å². The van der Waals surface area contributed by atoms with Crippen LogP contribution in [0.3, 0.4) is 0 Å². The van der Waals surface area contributed by atoms with E-state index < -0.39 is 5.97 Å². The van der Waals surface area contributed by atoms with E-state index >= 15 is 0 Å². The summed E-state index contributed by atoms with van der Waals surface area (Å²) in [5.41, 5.74) is 2.91. The Hall–Kier alpha value is -2.14. The standard InChI is InChI=1S/C17H17ClN2O3/c1-10-7-14(11(2)20(10)13-4-5-13)15(21)9-23-17(22)12-3-6-16(18)19-8-12/h3,6-8,13H,4-5,9H2,1-2H3. The molecule has 3 rings (SSSR count). The Morgan fingerprint density at radius 2 is 2.09 bits per heavy atom. The van der Waals surface area contributed by atoms with E-state index in [0.717, 1.165) is 24.2 Å². The van der Waals surface area contributed by atoms with Gasteiger partial charge in [-0.2, -0.15) is 0 Å². The first-order valence-corrected chi connectivity index (χ1v) is 7.85. The Morgan fingerprint density at radius 3 is 2.70 bits per heavy atom. The van der Waals surface area contributed by atoms with E-state index in [1.165, 1.54) is 18.3 Å². The van der Waals surface area contributed by atoms with Crippen molar-refractivity contribution in [2.75, 3.05) is 6.61 Å². The molecule has 0 unspecified atom stereocenters. The minimum Gasteiger partial charge on any atom is -0.454 e. The van der Waals surface area contributed by atoms with E-state index in [1.807, 2.05) is 19.9 Å². The van der Waals surface area contributed by atoms with Crippen molar-refractivity contribution in [2.45, 2.75) is 32.7 Å². The lowest BCUT2D eigenvalue weighted by Gasteiger charge is -2.08. The van der Waals surface area contributed by atoms with Crippen molar-refractivity contribution in [3.63, 3.8) is 0 Å². The maximum atomic E-state index is 12.3. The highest BCUT2D eigenvalue weighted by Crippen LogP contribution is 2.38. The van der Waals surface area contributed by atoms with Crippen molar-refractivity contribution in [1.29, 1.82) is 0 Å². The fraction of sp³-hybridized carbons (Fsp3) is 0.353. The number of nitrogens with zero attached hydrogens (tertiary/aromatic N) is 2. The average Bonchev–Trinajstić information content (AvgIpc) is 3.31. The van der Waals surface area contributed by atoms with Gasteiger partial charge in [0.1, 0.15) is 5.15 Å². The van der Waals surface area contributed by atoms with Gasteiger partial charge in [0.15, 0.2) is 6.61 Å². The molecule has 120 valence electrons. The molecule has 0 spiro atoms.